The van der Waals surface area contributed by atoms with Crippen LogP contribution < -0.4 is 11.1 Å². The van der Waals surface area contributed by atoms with Gasteiger partial charge in [-0.3, -0.25) is 0 Å². The molecular weight excluding hydrogens is 160 g/mol. The van der Waals surface area contributed by atoms with Crippen LogP contribution in [0.2, 0.25) is 0 Å². The summed E-state index contributed by atoms with van der Waals surface area (Å²) in [5, 5.41) is 3.61. The number of hydrogen-bond acceptors (Lipinski definition) is 2. The van der Waals surface area contributed by atoms with Crippen LogP contribution in [0.4, 0.5) is 0 Å². The van der Waals surface area contributed by atoms with Crippen LogP contribution in [0.5, 0.6) is 0 Å². The molecule has 0 spiro atoms. The molecule has 0 bridgehead atoms. The fraction of sp³-hybridized carbons (Fsp3) is 1.00. The van der Waals surface area contributed by atoms with Crippen LogP contribution in [-0.4, -0.2) is 18.1 Å². The van der Waals surface area contributed by atoms with E-state index >= 15 is 0 Å². The molecule has 2 aliphatic rings. The molecule has 0 amide bonds. The zero-order valence-corrected chi connectivity index (χ0v) is 8.68. The van der Waals surface area contributed by atoms with E-state index in [1.807, 2.05) is 0 Å². The van der Waals surface area contributed by atoms with Gasteiger partial charge >= 0.3 is 0 Å². The molecule has 0 radical (unpaired) electrons. The van der Waals surface area contributed by atoms with Gasteiger partial charge in [0, 0.05) is 18.1 Å². The monoisotopic (exact) mass is 182 g/mol. The molecule has 0 saturated heterocycles. The van der Waals surface area contributed by atoms with E-state index in [2.05, 4.69) is 12.2 Å². The first-order valence-electron chi connectivity index (χ1n) is 5.70. The van der Waals surface area contributed by atoms with Gasteiger partial charge < -0.3 is 11.1 Å². The Hall–Kier alpha value is -0.0800. The van der Waals surface area contributed by atoms with Gasteiger partial charge in [0.25, 0.3) is 0 Å². The maximum Gasteiger partial charge on any atom is 0.0280 e. The lowest BCUT2D eigenvalue weighted by Gasteiger charge is -2.36. The van der Waals surface area contributed by atoms with Crippen LogP contribution in [0.1, 0.15) is 45.4 Å². The molecule has 0 aliphatic heterocycles. The predicted octanol–water partition coefficient (Wildman–Crippen LogP) is 1.65. The minimum atomic E-state index is 0.138. The van der Waals surface area contributed by atoms with Crippen LogP contribution in [-0.2, 0) is 0 Å². The zero-order valence-electron chi connectivity index (χ0n) is 8.68. The number of nitrogens with one attached hydrogen (secondary N) is 1. The van der Waals surface area contributed by atoms with Gasteiger partial charge in [0.15, 0.2) is 0 Å². The molecule has 3 N–H and O–H groups in total. The van der Waals surface area contributed by atoms with Crippen molar-refractivity contribution in [2.24, 2.45) is 11.7 Å². The molecule has 2 nitrogen and oxygen atoms in total. The van der Waals surface area contributed by atoms with Crippen molar-refractivity contribution in [1.82, 2.24) is 5.32 Å². The summed E-state index contributed by atoms with van der Waals surface area (Å²) in [6.07, 6.45) is 7.83. The Morgan fingerprint density at radius 2 is 1.92 bits per heavy atom. The summed E-state index contributed by atoms with van der Waals surface area (Å²) in [6.45, 7) is 3.37. The maximum absolute atomic E-state index is 6.26. The molecule has 13 heavy (non-hydrogen) atoms. The maximum atomic E-state index is 6.26. The Labute approximate surface area is 81.3 Å². The third kappa shape index (κ3) is 2.23. The minimum Gasteiger partial charge on any atom is -0.324 e. The molecule has 0 aromatic carbocycles. The van der Waals surface area contributed by atoms with E-state index in [9.17, 15) is 0 Å². The van der Waals surface area contributed by atoms with E-state index in [-0.39, 0.29) is 5.54 Å². The molecular formula is C11H22N2. The Kier molecular flexibility index (Phi) is 2.61. The van der Waals surface area contributed by atoms with Crippen LogP contribution in [0.25, 0.3) is 0 Å². The van der Waals surface area contributed by atoms with Gasteiger partial charge in [-0.25, -0.2) is 0 Å². The second-order valence-corrected chi connectivity index (χ2v) is 5.22. The summed E-state index contributed by atoms with van der Waals surface area (Å²) in [4.78, 5) is 0. The highest BCUT2D eigenvalue weighted by atomic mass is 15.0. The Bertz CT molecular complexity index is 167. The lowest BCUT2D eigenvalue weighted by atomic mass is 9.81. The second-order valence-electron chi connectivity index (χ2n) is 5.22. The van der Waals surface area contributed by atoms with Crippen molar-refractivity contribution < 1.29 is 0 Å². The third-order valence-electron chi connectivity index (χ3n) is 3.72. The van der Waals surface area contributed by atoms with E-state index in [0.717, 1.165) is 18.5 Å². The minimum absolute atomic E-state index is 0.138. The van der Waals surface area contributed by atoms with Crippen molar-refractivity contribution in [3.8, 4) is 0 Å². The van der Waals surface area contributed by atoms with Crippen molar-refractivity contribution in [1.29, 1.82) is 0 Å². The lowest BCUT2D eigenvalue weighted by molar-refractivity contribution is 0.224. The molecule has 0 atom stereocenters. The molecule has 2 saturated carbocycles. The summed E-state index contributed by atoms with van der Waals surface area (Å²) in [7, 11) is 0. The van der Waals surface area contributed by atoms with E-state index < -0.39 is 0 Å². The highest BCUT2D eigenvalue weighted by Crippen LogP contribution is 2.29. The van der Waals surface area contributed by atoms with E-state index in [1.54, 1.807) is 0 Å². The first-order chi connectivity index (χ1) is 6.18. The second kappa shape index (κ2) is 3.58. The van der Waals surface area contributed by atoms with Gasteiger partial charge in [-0.05, 0) is 31.6 Å². The number of hydrogen-bond donors (Lipinski definition) is 2. The number of rotatable bonds is 3. The van der Waals surface area contributed by atoms with Gasteiger partial charge in [0.05, 0.1) is 0 Å². The van der Waals surface area contributed by atoms with Gasteiger partial charge in [0.2, 0.25) is 0 Å². The van der Waals surface area contributed by atoms with E-state index in [1.165, 1.54) is 38.5 Å². The topological polar surface area (TPSA) is 38.0 Å². The predicted molar refractivity (Wildman–Crippen MR) is 55.6 cm³/mol. The summed E-state index contributed by atoms with van der Waals surface area (Å²) in [6, 6.07) is 0.774. The summed E-state index contributed by atoms with van der Waals surface area (Å²) in [5.41, 5.74) is 6.40. The molecule has 0 unspecified atom stereocenters. The normalized spacial score (nSPS) is 37.4. The van der Waals surface area contributed by atoms with E-state index in [4.69, 9.17) is 5.73 Å². The first-order valence-corrected chi connectivity index (χ1v) is 5.70. The fourth-order valence-electron chi connectivity index (χ4n) is 2.67. The molecule has 0 aromatic heterocycles. The average Bonchev–Trinajstić information content (AvgIpc) is 2.45. The van der Waals surface area contributed by atoms with Crippen molar-refractivity contribution >= 4 is 0 Å². The molecule has 2 fully saturated rings. The van der Waals surface area contributed by atoms with Crippen LogP contribution in [0.3, 0.4) is 0 Å². The summed E-state index contributed by atoms with van der Waals surface area (Å²) >= 11 is 0. The highest BCUT2D eigenvalue weighted by molar-refractivity contribution is 4.93. The van der Waals surface area contributed by atoms with Gasteiger partial charge in [-0.15, -0.1) is 0 Å². The molecule has 76 valence electrons. The zero-order chi connectivity index (χ0) is 9.31. The summed E-state index contributed by atoms with van der Waals surface area (Å²) in [5.74, 6) is 0.940. The SMILES string of the molecule is CC1CC(NCC2(N)CCCC2)C1. The largest absolute Gasteiger partial charge is 0.324 e. The standard InChI is InChI=1S/C11H22N2/c1-9-6-10(7-9)13-8-11(12)4-2-3-5-11/h9-10,13H,2-8,12H2,1H3. The summed E-state index contributed by atoms with van der Waals surface area (Å²) < 4.78 is 0. The lowest BCUT2D eigenvalue weighted by Crippen LogP contribution is -2.51. The molecule has 0 aromatic rings. The Morgan fingerprint density at radius 1 is 1.31 bits per heavy atom. The Balaban J connectivity index is 1.67. The highest BCUT2D eigenvalue weighted by Gasteiger charge is 2.32. The van der Waals surface area contributed by atoms with Crippen LogP contribution >= 0.6 is 0 Å². The first kappa shape index (κ1) is 9.47. The third-order valence-corrected chi connectivity index (χ3v) is 3.72. The quantitative estimate of drug-likeness (QED) is 0.696. The van der Waals surface area contributed by atoms with Crippen LogP contribution in [0, 0.1) is 5.92 Å². The van der Waals surface area contributed by atoms with Crippen molar-refractivity contribution in [2.75, 3.05) is 6.54 Å². The van der Waals surface area contributed by atoms with E-state index in [0.29, 0.717) is 0 Å². The van der Waals surface area contributed by atoms with Crippen molar-refractivity contribution in [3.63, 3.8) is 0 Å². The number of nitrogens with two attached hydrogens (primary N) is 1. The Morgan fingerprint density at radius 3 is 2.46 bits per heavy atom. The smallest absolute Gasteiger partial charge is 0.0280 e. The van der Waals surface area contributed by atoms with Gasteiger partial charge in [0.1, 0.15) is 0 Å². The van der Waals surface area contributed by atoms with Crippen LogP contribution in [0.15, 0.2) is 0 Å². The van der Waals surface area contributed by atoms with Crippen molar-refractivity contribution in [3.05, 3.63) is 0 Å². The van der Waals surface area contributed by atoms with Crippen molar-refractivity contribution in [2.45, 2.75) is 57.0 Å². The van der Waals surface area contributed by atoms with Gasteiger partial charge in [-0.1, -0.05) is 19.8 Å². The average molecular weight is 182 g/mol. The fourth-order valence-corrected chi connectivity index (χ4v) is 2.67. The van der Waals surface area contributed by atoms with Gasteiger partial charge in [-0.2, -0.15) is 0 Å². The molecule has 2 aliphatic carbocycles. The molecule has 0 heterocycles. The molecule has 2 heteroatoms. The molecule has 2 rings (SSSR count).